The molecule has 0 saturated carbocycles. The Hall–Kier alpha value is -2.04. The van der Waals surface area contributed by atoms with Crippen molar-refractivity contribution in [2.75, 3.05) is 13.7 Å². The monoisotopic (exact) mass is 334 g/mol. The van der Waals surface area contributed by atoms with Crippen molar-refractivity contribution in [1.29, 1.82) is 0 Å². The minimum Gasteiger partial charge on any atom is -0.497 e. The summed E-state index contributed by atoms with van der Waals surface area (Å²) in [7, 11) is 1.58. The molecule has 1 atom stereocenters. The lowest BCUT2D eigenvalue weighted by Crippen LogP contribution is -2.49. The summed E-state index contributed by atoms with van der Waals surface area (Å²) in [5.41, 5.74) is 0.511. The summed E-state index contributed by atoms with van der Waals surface area (Å²) in [6.45, 7) is 6.66. The summed E-state index contributed by atoms with van der Waals surface area (Å²) in [6, 6.07) is 6.30. The predicted molar refractivity (Wildman–Crippen MR) is 96.2 cm³/mol. The highest BCUT2D eigenvalue weighted by molar-refractivity contribution is 5.97. The summed E-state index contributed by atoms with van der Waals surface area (Å²) in [6.07, 6.45) is 4.43. The van der Waals surface area contributed by atoms with Crippen LogP contribution in [-0.2, 0) is 4.79 Å². The zero-order chi connectivity index (χ0) is 17.9. The molecule has 0 bridgehead atoms. The average molecular weight is 334 g/mol. The third kappa shape index (κ3) is 6.60. The molecule has 2 amide bonds. The zero-order valence-corrected chi connectivity index (χ0v) is 15.2. The summed E-state index contributed by atoms with van der Waals surface area (Å²) in [4.78, 5) is 24.7. The first-order valence-corrected chi connectivity index (χ1v) is 8.72. The van der Waals surface area contributed by atoms with Gasteiger partial charge in [-0.3, -0.25) is 9.59 Å². The Labute approximate surface area is 145 Å². The molecule has 0 fully saturated rings. The first-order chi connectivity index (χ1) is 11.5. The molecule has 134 valence electrons. The van der Waals surface area contributed by atoms with E-state index in [1.165, 1.54) is 12.8 Å². The van der Waals surface area contributed by atoms with Crippen LogP contribution in [0.25, 0.3) is 0 Å². The summed E-state index contributed by atoms with van der Waals surface area (Å²) < 4.78 is 5.08. The lowest BCUT2D eigenvalue weighted by molar-refractivity contribution is -0.123. The number of hydrogen-bond donors (Lipinski definition) is 2. The van der Waals surface area contributed by atoms with Crippen molar-refractivity contribution in [2.45, 2.75) is 52.5 Å². The second-order valence-electron chi connectivity index (χ2n) is 6.28. The molecule has 0 aromatic heterocycles. The Morgan fingerprint density at radius 2 is 1.75 bits per heavy atom. The van der Waals surface area contributed by atoms with Gasteiger partial charge in [-0.15, -0.1) is 0 Å². The topological polar surface area (TPSA) is 67.4 Å². The largest absolute Gasteiger partial charge is 0.497 e. The van der Waals surface area contributed by atoms with Crippen molar-refractivity contribution in [1.82, 2.24) is 10.6 Å². The Balaban J connectivity index is 2.57. The lowest BCUT2D eigenvalue weighted by Gasteiger charge is -2.22. The molecule has 1 aromatic carbocycles. The normalized spacial score (nSPS) is 11.9. The molecule has 0 heterocycles. The van der Waals surface area contributed by atoms with Crippen molar-refractivity contribution >= 4 is 11.8 Å². The first kappa shape index (κ1) is 20.0. The maximum Gasteiger partial charge on any atom is 0.251 e. The Morgan fingerprint density at radius 1 is 1.08 bits per heavy atom. The van der Waals surface area contributed by atoms with Gasteiger partial charge in [-0.1, -0.05) is 40.0 Å². The average Bonchev–Trinajstić information content (AvgIpc) is 2.58. The molecule has 1 aromatic rings. The lowest BCUT2D eigenvalue weighted by atomic mass is 10.0. The fraction of sp³-hybridized carbons (Fsp3) is 0.579. The number of carbonyl (C=O) groups is 2. The second kappa shape index (κ2) is 10.7. The van der Waals surface area contributed by atoms with E-state index in [1.807, 2.05) is 13.8 Å². The second-order valence-corrected chi connectivity index (χ2v) is 6.28. The molecule has 2 N–H and O–H groups in total. The highest BCUT2D eigenvalue weighted by Crippen LogP contribution is 2.12. The molecular weight excluding hydrogens is 304 g/mol. The maximum atomic E-state index is 12.3. The van der Waals surface area contributed by atoms with Crippen molar-refractivity contribution in [3.8, 4) is 5.75 Å². The molecule has 0 radical (unpaired) electrons. The molecule has 0 saturated heterocycles. The standard InChI is InChI=1S/C19H30N2O3/c1-5-6-7-8-13-20-19(23)17(14(2)3)21-18(22)15-9-11-16(24-4)12-10-15/h9-12,14,17H,5-8,13H2,1-4H3,(H,20,23)(H,21,22). The quantitative estimate of drug-likeness (QED) is 0.646. The van der Waals surface area contributed by atoms with Gasteiger partial charge < -0.3 is 15.4 Å². The van der Waals surface area contributed by atoms with Crippen LogP contribution in [0.2, 0.25) is 0 Å². The Morgan fingerprint density at radius 3 is 2.29 bits per heavy atom. The SMILES string of the molecule is CCCCCCNC(=O)C(NC(=O)c1ccc(OC)cc1)C(C)C. The van der Waals surface area contributed by atoms with E-state index >= 15 is 0 Å². The number of ether oxygens (including phenoxy) is 1. The van der Waals surface area contributed by atoms with Gasteiger partial charge in [0.05, 0.1) is 7.11 Å². The van der Waals surface area contributed by atoms with Gasteiger partial charge in [0.25, 0.3) is 5.91 Å². The van der Waals surface area contributed by atoms with Crippen LogP contribution in [0.4, 0.5) is 0 Å². The van der Waals surface area contributed by atoms with Crippen molar-refractivity contribution in [2.24, 2.45) is 5.92 Å². The smallest absolute Gasteiger partial charge is 0.251 e. The number of unbranched alkanes of at least 4 members (excludes halogenated alkanes) is 3. The van der Waals surface area contributed by atoms with Gasteiger partial charge in [-0.2, -0.15) is 0 Å². The van der Waals surface area contributed by atoms with E-state index in [4.69, 9.17) is 4.74 Å². The van der Waals surface area contributed by atoms with Crippen LogP contribution in [0, 0.1) is 5.92 Å². The van der Waals surface area contributed by atoms with Gasteiger partial charge in [0, 0.05) is 12.1 Å². The van der Waals surface area contributed by atoms with E-state index in [9.17, 15) is 9.59 Å². The fourth-order valence-corrected chi connectivity index (χ4v) is 2.38. The minimum absolute atomic E-state index is 0.0165. The van der Waals surface area contributed by atoms with E-state index in [-0.39, 0.29) is 17.7 Å². The molecule has 0 aliphatic rings. The van der Waals surface area contributed by atoms with Crippen LogP contribution in [0.1, 0.15) is 56.8 Å². The summed E-state index contributed by atoms with van der Waals surface area (Å²) in [5.74, 6) is 0.334. The summed E-state index contributed by atoms with van der Waals surface area (Å²) in [5, 5.41) is 5.75. The number of methoxy groups -OCH3 is 1. The van der Waals surface area contributed by atoms with Gasteiger partial charge in [0.1, 0.15) is 11.8 Å². The number of hydrogen-bond acceptors (Lipinski definition) is 3. The molecule has 5 heteroatoms. The third-order valence-electron chi connectivity index (χ3n) is 3.92. The third-order valence-corrected chi connectivity index (χ3v) is 3.92. The van der Waals surface area contributed by atoms with Crippen LogP contribution in [-0.4, -0.2) is 31.5 Å². The molecule has 0 aliphatic heterocycles. The van der Waals surface area contributed by atoms with Gasteiger partial charge in [0.2, 0.25) is 5.91 Å². The molecule has 24 heavy (non-hydrogen) atoms. The van der Waals surface area contributed by atoms with Gasteiger partial charge in [-0.25, -0.2) is 0 Å². The molecule has 1 rings (SSSR count). The van der Waals surface area contributed by atoms with Crippen LogP contribution >= 0.6 is 0 Å². The van der Waals surface area contributed by atoms with E-state index < -0.39 is 6.04 Å². The molecular formula is C19H30N2O3. The van der Waals surface area contributed by atoms with Crippen LogP contribution in [0.3, 0.4) is 0 Å². The molecule has 0 spiro atoms. The van der Waals surface area contributed by atoms with E-state index in [1.54, 1.807) is 31.4 Å². The first-order valence-electron chi connectivity index (χ1n) is 8.72. The van der Waals surface area contributed by atoms with Gasteiger partial charge >= 0.3 is 0 Å². The van der Waals surface area contributed by atoms with Gasteiger partial charge in [-0.05, 0) is 36.6 Å². The summed E-state index contributed by atoms with van der Waals surface area (Å²) >= 11 is 0. The molecule has 1 unspecified atom stereocenters. The predicted octanol–water partition coefficient (Wildman–Crippen LogP) is 3.15. The zero-order valence-electron chi connectivity index (χ0n) is 15.2. The highest BCUT2D eigenvalue weighted by Gasteiger charge is 2.24. The highest BCUT2D eigenvalue weighted by atomic mass is 16.5. The van der Waals surface area contributed by atoms with Crippen molar-refractivity contribution in [3.63, 3.8) is 0 Å². The number of benzene rings is 1. The number of nitrogens with one attached hydrogen (secondary N) is 2. The van der Waals surface area contributed by atoms with Crippen molar-refractivity contribution in [3.05, 3.63) is 29.8 Å². The minimum atomic E-state index is -0.536. The van der Waals surface area contributed by atoms with E-state index in [0.29, 0.717) is 17.9 Å². The van der Waals surface area contributed by atoms with Crippen LogP contribution in [0.15, 0.2) is 24.3 Å². The van der Waals surface area contributed by atoms with E-state index in [0.717, 1.165) is 12.8 Å². The van der Waals surface area contributed by atoms with Crippen molar-refractivity contribution < 1.29 is 14.3 Å². The van der Waals surface area contributed by atoms with Gasteiger partial charge in [0.15, 0.2) is 0 Å². The number of carbonyl (C=O) groups excluding carboxylic acids is 2. The Bertz CT molecular complexity index is 512. The van der Waals surface area contributed by atoms with Crippen LogP contribution < -0.4 is 15.4 Å². The Kier molecular flexibility index (Phi) is 8.90. The fourth-order valence-electron chi connectivity index (χ4n) is 2.38. The molecule has 0 aliphatic carbocycles. The number of amides is 2. The maximum absolute atomic E-state index is 12.3. The van der Waals surface area contributed by atoms with E-state index in [2.05, 4.69) is 17.6 Å². The number of rotatable bonds is 10. The van der Waals surface area contributed by atoms with Crippen LogP contribution in [0.5, 0.6) is 5.75 Å². The molecule has 5 nitrogen and oxygen atoms in total.